The number of aliphatic imine (C=N–C) groups is 1. The van der Waals surface area contributed by atoms with Crippen molar-refractivity contribution in [2.24, 2.45) is 4.99 Å². The van der Waals surface area contributed by atoms with E-state index in [1.165, 1.54) is 39.8 Å². The third-order valence-electron chi connectivity index (χ3n) is 6.33. The average molecular weight is 480 g/mol. The van der Waals surface area contributed by atoms with Crippen molar-refractivity contribution in [3.63, 3.8) is 0 Å². The first-order valence-corrected chi connectivity index (χ1v) is 15.4. The standard InChI is InChI=1S/C31H31NP2/c1-5-13-26(14-6-1)23-33(24-27-15-7-2-8-16-27)25-28-21-31(22-32-28)34(29-17-9-3-10-18-29)30-19-11-4-12-20-30/h1-20,31H,21-25H2. The summed E-state index contributed by atoms with van der Waals surface area (Å²) < 4.78 is 0. The molecular formula is C31H31NP2. The van der Waals surface area contributed by atoms with E-state index in [1.807, 2.05) is 0 Å². The fourth-order valence-electron chi connectivity index (χ4n) is 4.78. The van der Waals surface area contributed by atoms with Crippen molar-refractivity contribution in [2.75, 3.05) is 12.7 Å². The molecule has 0 spiro atoms. The molecule has 0 bridgehead atoms. The van der Waals surface area contributed by atoms with E-state index in [-0.39, 0.29) is 7.92 Å². The van der Waals surface area contributed by atoms with Crippen LogP contribution in [0.4, 0.5) is 0 Å². The molecule has 170 valence electrons. The molecule has 1 aliphatic heterocycles. The monoisotopic (exact) mass is 479 g/mol. The summed E-state index contributed by atoms with van der Waals surface area (Å²) in [5, 5.41) is 2.95. The Bertz CT molecular complexity index is 1100. The van der Waals surface area contributed by atoms with Crippen LogP contribution in [-0.4, -0.2) is 24.1 Å². The number of nitrogens with zero attached hydrogens (tertiary/aromatic N) is 1. The maximum Gasteiger partial charge on any atom is 0.0466 e. The molecule has 1 unspecified atom stereocenters. The first kappa shape index (κ1) is 23.2. The van der Waals surface area contributed by atoms with Crippen LogP contribution in [0.5, 0.6) is 0 Å². The second-order valence-electron chi connectivity index (χ2n) is 8.92. The van der Waals surface area contributed by atoms with Crippen LogP contribution in [0.1, 0.15) is 17.5 Å². The van der Waals surface area contributed by atoms with Crippen molar-refractivity contribution in [1.29, 1.82) is 0 Å². The molecule has 1 nitrogen and oxygen atoms in total. The highest BCUT2D eigenvalue weighted by Crippen LogP contribution is 2.47. The first-order chi connectivity index (χ1) is 16.8. The van der Waals surface area contributed by atoms with E-state index in [1.54, 1.807) is 0 Å². The van der Waals surface area contributed by atoms with Crippen LogP contribution >= 0.6 is 15.8 Å². The van der Waals surface area contributed by atoms with Crippen LogP contribution in [0.25, 0.3) is 0 Å². The number of hydrogen-bond acceptors (Lipinski definition) is 1. The zero-order valence-corrected chi connectivity index (χ0v) is 21.3. The molecule has 0 N–H and O–H groups in total. The maximum absolute atomic E-state index is 5.16. The molecule has 0 aliphatic carbocycles. The molecule has 3 heteroatoms. The number of benzene rings is 4. The Labute approximate surface area is 206 Å². The average Bonchev–Trinajstić information content (AvgIpc) is 3.34. The van der Waals surface area contributed by atoms with Crippen molar-refractivity contribution in [3.8, 4) is 0 Å². The van der Waals surface area contributed by atoms with E-state index in [2.05, 4.69) is 121 Å². The van der Waals surface area contributed by atoms with Gasteiger partial charge in [0.25, 0.3) is 0 Å². The molecule has 0 radical (unpaired) electrons. The fraction of sp³-hybridized carbons (Fsp3) is 0.194. The van der Waals surface area contributed by atoms with Crippen molar-refractivity contribution < 1.29 is 0 Å². The lowest BCUT2D eigenvalue weighted by atomic mass is 10.2. The van der Waals surface area contributed by atoms with Gasteiger partial charge in [-0.1, -0.05) is 129 Å². The van der Waals surface area contributed by atoms with Crippen LogP contribution in [0.3, 0.4) is 0 Å². The summed E-state index contributed by atoms with van der Waals surface area (Å²) >= 11 is 0. The molecule has 1 heterocycles. The minimum atomic E-state index is -0.407. The minimum absolute atomic E-state index is 0.195. The molecule has 0 fully saturated rings. The maximum atomic E-state index is 5.16. The Morgan fingerprint density at radius 3 is 1.47 bits per heavy atom. The zero-order valence-electron chi connectivity index (χ0n) is 19.5. The predicted octanol–water partition coefficient (Wildman–Crippen LogP) is 7.21. The predicted molar refractivity (Wildman–Crippen MR) is 152 cm³/mol. The van der Waals surface area contributed by atoms with E-state index in [9.17, 15) is 0 Å². The highest BCUT2D eigenvalue weighted by atomic mass is 31.1. The second kappa shape index (κ2) is 11.7. The van der Waals surface area contributed by atoms with E-state index in [0.29, 0.717) is 5.66 Å². The van der Waals surface area contributed by atoms with Crippen LogP contribution in [0, 0.1) is 0 Å². The molecule has 34 heavy (non-hydrogen) atoms. The smallest absolute Gasteiger partial charge is 0.0466 e. The Hall–Kier alpha value is -2.59. The first-order valence-electron chi connectivity index (χ1n) is 12.1. The molecule has 5 rings (SSSR count). The second-order valence-corrected chi connectivity index (χ2v) is 13.7. The largest absolute Gasteiger partial charge is 0.293 e. The van der Waals surface area contributed by atoms with Gasteiger partial charge < -0.3 is 0 Å². The normalized spacial score (nSPS) is 15.6. The van der Waals surface area contributed by atoms with Gasteiger partial charge in [-0.15, -0.1) is 0 Å². The molecule has 0 saturated carbocycles. The van der Waals surface area contributed by atoms with Gasteiger partial charge >= 0.3 is 0 Å². The van der Waals surface area contributed by atoms with Crippen molar-refractivity contribution in [1.82, 2.24) is 0 Å². The summed E-state index contributed by atoms with van der Waals surface area (Å²) in [6, 6.07) is 44.3. The third kappa shape index (κ3) is 6.09. The van der Waals surface area contributed by atoms with Crippen molar-refractivity contribution in [3.05, 3.63) is 132 Å². The topological polar surface area (TPSA) is 12.4 Å². The Kier molecular flexibility index (Phi) is 7.97. The van der Waals surface area contributed by atoms with Gasteiger partial charge in [0.15, 0.2) is 0 Å². The van der Waals surface area contributed by atoms with Crippen LogP contribution < -0.4 is 10.6 Å². The SMILES string of the molecule is c1ccc(CP(CC2=NCC(P(c3ccccc3)c3ccccc3)C2)Cc2ccccc2)cc1. The van der Waals surface area contributed by atoms with Crippen LogP contribution in [0.2, 0.25) is 0 Å². The van der Waals surface area contributed by atoms with E-state index < -0.39 is 7.92 Å². The lowest BCUT2D eigenvalue weighted by Gasteiger charge is -2.25. The molecule has 0 amide bonds. The van der Waals surface area contributed by atoms with Crippen molar-refractivity contribution in [2.45, 2.75) is 24.4 Å². The molecule has 4 aromatic rings. The van der Waals surface area contributed by atoms with Crippen molar-refractivity contribution >= 4 is 32.2 Å². The number of hydrogen-bond donors (Lipinski definition) is 0. The lowest BCUT2D eigenvalue weighted by molar-refractivity contribution is 0.964. The van der Waals surface area contributed by atoms with Gasteiger partial charge in [-0.2, -0.15) is 0 Å². The number of rotatable bonds is 9. The summed E-state index contributed by atoms with van der Waals surface area (Å²) in [4.78, 5) is 5.16. The Balaban J connectivity index is 1.33. The third-order valence-corrected chi connectivity index (χ3v) is 11.6. The van der Waals surface area contributed by atoms with Crippen LogP contribution in [-0.2, 0) is 12.3 Å². The summed E-state index contributed by atoms with van der Waals surface area (Å²) in [5.41, 5.74) is 4.95. The van der Waals surface area contributed by atoms with Gasteiger partial charge in [0, 0.05) is 24.1 Å². The van der Waals surface area contributed by atoms with Gasteiger partial charge in [-0.25, -0.2) is 0 Å². The summed E-state index contributed by atoms with van der Waals surface area (Å²) in [6.45, 7) is 0.963. The molecule has 4 aromatic carbocycles. The minimum Gasteiger partial charge on any atom is -0.293 e. The van der Waals surface area contributed by atoms with Crippen LogP contribution in [0.15, 0.2) is 126 Å². The summed E-state index contributed by atoms with van der Waals surface area (Å²) in [7, 11) is -0.602. The summed E-state index contributed by atoms with van der Waals surface area (Å²) in [6.07, 6.45) is 4.63. The lowest BCUT2D eigenvalue weighted by Crippen LogP contribution is -2.23. The molecule has 0 saturated heterocycles. The van der Waals surface area contributed by atoms with E-state index >= 15 is 0 Å². The Morgan fingerprint density at radius 1 is 0.559 bits per heavy atom. The summed E-state index contributed by atoms with van der Waals surface area (Å²) in [5.74, 6) is 0. The van der Waals surface area contributed by atoms with Gasteiger partial charge in [0.2, 0.25) is 0 Å². The van der Waals surface area contributed by atoms with Gasteiger partial charge in [-0.05, 0) is 48.4 Å². The molecular weight excluding hydrogens is 448 g/mol. The van der Waals surface area contributed by atoms with Gasteiger partial charge in [-0.3, -0.25) is 4.99 Å². The van der Waals surface area contributed by atoms with E-state index in [0.717, 1.165) is 19.1 Å². The fourth-order valence-corrected chi connectivity index (χ4v) is 10.1. The van der Waals surface area contributed by atoms with Gasteiger partial charge in [0.05, 0.1) is 0 Å². The highest BCUT2D eigenvalue weighted by Gasteiger charge is 2.30. The highest BCUT2D eigenvalue weighted by molar-refractivity contribution is 7.73. The van der Waals surface area contributed by atoms with Gasteiger partial charge in [0.1, 0.15) is 0 Å². The van der Waals surface area contributed by atoms with E-state index in [4.69, 9.17) is 4.99 Å². The Morgan fingerprint density at radius 2 is 1.00 bits per heavy atom. The quantitative estimate of drug-likeness (QED) is 0.225. The molecule has 0 aromatic heterocycles. The molecule has 1 atom stereocenters. The zero-order chi connectivity index (χ0) is 23.0. The molecule has 1 aliphatic rings.